The molecule has 3 rings (SSSR count). The van der Waals surface area contributed by atoms with Crippen molar-refractivity contribution in [2.24, 2.45) is 0 Å². The van der Waals surface area contributed by atoms with Gasteiger partial charge in [0.05, 0.1) is 7.11 Å². The van der Waals surface area contributed by atoms with Crippen LogP contribution in [-0.2, 0) is 17.6 Å². The molecule has 25 heavy (non-hydrogen) atoms. The fourth-order valence-electron chi connectivity index (χ4n) is 2.97. The van der Waals surface area contributed by atoms with Crippen LogP contribution in [0.3, 0.4) is 0 Å². The summed E-state index contributed by atoms with van der Waals surface area (Å²) in [6, 6.07) is 16.4. The van der Waals surface area contributed by atoms with Crippen LogP contribution in [0.25, 0.3) is 10.1 Å². The van der Waals surface area contributed by atoms with E-state index < -0.39 is 0 Å². The summed E-state index contributed by atoms with van der Waals surface area (Å²) in [6.45, 7) is 2.07. The van der Waals surface area contributed by atoms with E-state index in [0.717, 1.165) is 24.2 Å². The van der Waals surface area contributed by atoms with Gasteiger partial charge in [0.2, 0.25) is 5.91 Å². The van der Waals surface area contributed by atoms with Crippen molar-refractivity contribution in [1.82, 2.24) is 5.32 Å². The highest BCUT2D eigenvalue weighted by molar-refractivity contribution is 7.17. The number of hydrogen-bond donors (Lipinski definition) is 1. The Morgan fingerprint density at radius 1 is 1.16 bits per heavy atom. The lowest BCUT2D eigenvalue weighted by atomic mass is 10.1. The number of ether oxygens (including phenoxy) is 1. The van der Waals surface area contributed by atoms with Crippen molar-refractivity contribution < 1.29 is 9.53 Å². The molecule has 0 aliphatic rings. The summed E-state index contributed by atoms with van der Waals surface area (Å²) in [7, 11) is 1.65. The van der Waals surface area contributed by atoms with Gasteiger partial charge in [-0.2, -0.15) is 0 Å². The minimum atomic E-state index is 0.0999. The van der Waals surface area contributed by atoms with E-state index in [2.05, 4.69) is 41.9 Å². The Kier molecular flexibility index (Phi) is 5.71. The maximum atomic E-state index is 12.2. The minimum Gasteiger partial charge on any atom is -0.497 e. The number of rotatable bonds is 7. The first-order valence-corrected chi connectivity index (χ1v) is 9.41. The van der Waals surface area contributed by atoms with Crippen LogP contribution in [0.5, 0.6) is 5.75 Å². The van der Waals surface area contributed by atoms with E-state index >= 15 is 0 Å². The molecule has 4 heteroatoms. The number of aryl methyl sites for hydroxylation is 1. The summed E-state index contributed by atoms with van der Waals surface area (Å²) in [5.74, 6) is 0.938. The molecule has 1 aromatic heterocycles. The van der Waals surface area contributed by atoms with Crippen LogP contribution in [0.2, 0.25) is 0 Å². The Morgan fingerprint density at radius 3 is 2.68 bits per heavy atom. The van der Waals surface area contributed by atoms with Gasteiger partial charge in [-0.1, -0.05) is 30.3 Å². The molecule has 1 atom stereocenters. The van der Waals surface area contributed by atoms with E-state index in [9.17, 15) is 4.79 Å². The molecule has 1 N–H and O–H groups in total. The van der Waals surface area contributed by atoms with Gasteiger partial charge in [-0.25, -0.2) is 0 Å². The molecule has 0 unspecified atom stereocenters. The summed E-state index contributed by atoms with van der Waals surface area (Å²) in [5, 5.41) is 6.61. The lowest BCUT2D eigenvalue weighted by Gasteiger charge is -2.13. The third-order valence-corrected chi connectivity index (χ3v) is 5.31. The van der Waals surface area contributed by atoms with Gasteiger partial charge in [-0.15, -0.1) is 11.3 Å². The third-order valence-electron chi connectivity index (χ3n) is 4.29. The van der Waals surface area contributed by atoms with Crippen LogP contribution in [0.1, 0.15) is 24.5 Å². The van der Waals surface area contributed by atoms with E-state index in [0.29, 0.717) is 6.42 Å². The fraction of sp³-hybridized carbons (Fsp3) is 0.286. The van der Waals surface area contributed by atoms with Crippen LogP contribution in [0, 0.1) is 0 Å². The Labute approximate surface area is 152 Å². The normalized spacial score (nSPS) is 12.1. The Hall–Kier alpha value is -2.33. The van der Waals surface area contributed by atoms with Gasteiger partial charge in [0.1, 0.15) is 5.75 Å². The third kappa shape index (κ3) is 4.60. The van der Waals surface area contributed by atoms with E-state index in [-0.39, 0.29) is 11.9 Å². The summed E-state index contributed by atoms with van der Waals surface area (Å²) in [4.78, 5) is 12.2. The largest absolute Gasteiger partial charge is 0.497 e. The van der Waals surface area contributed by atoms with E-state index in [1.54, 1.807) is 18.4 Å². The molecular formula is C21H23NO2S. The average molecular weight is 353 g/mol. The van der Waals surface area contributed by atoms with Gasteiger partial charge in [0.15, 0.2) is 0 Å². The second kappa shape index (κ2) is 8.17. The summed E-state index contributed by atoms with van der Waals surface area (Å²) in [6.07, 6.45) is 2.10. The van der Waals surface area contributed by atoms with Gasteiger partial charge >= 0.3 is 0 Å². The van der Waals surface area contributed by atoms with E-state index in [1.807, 2.05) is 24.3 Å². The lowest BCUT2D eigenvalue weighted by molar-refractivity contribution is -0.121. The fourth-order valence-corrected chi connectivity index (χ4v) is 3.94. The SMILES string of the molecule is COc1ccc(CCC(=O)N[C@@H](C)Cc2csc3ccccc23)cc1. The van der Waals surface area contributed by atoms with Gasteiger partial charge in [-0.3, -0.25) is 4.79 Å². The molecule has 130 valence electrons. The number of methoxy groups -OCH3 is 1. The van der Waals surface area contributed by atoms with Crippen LogP contribution in [-0.4, -0.2) is 19.1 Å². The second-order valence-electron chi connectivity index (χ2n) is 6.28. The van der Waals surface area contributed by atoms with Crippen LogP contribution in [0.15, 0.2) is 53.9 Å². The average Bonchev–Trinajstić information content (AvgIpc) is 3.03. The Morgan fingerprint density at radius 2 is 1.92 bits per heavy atom. The number of nitrogens with one attached hydrogen (secondary N) is 1. The molecular weight excluding hydrogens is 330 g/mol. The van der Waals surface area contributed by atoms with Crippen LogP contribution < -0.4 is 10.1 Å². The van der Waals surface area contributed by atoms with E-state index in [1.165, 1.54) is 15.6 Å². The summed E-state index contributed by atoms with van der Waals surface area (Å²) < 4.78 is 6.45. The predicted octanol–water partition coefficient (Wildman–Crippen LogP) is 4.59. The van der Waals surface area contributed by atoms with Crippen molar-refractivity contribution in [1.29, 1.82) is 0 Å². The molecule has 0 saturated carbocycles. The molecule has 1 heterocycles. The van der Waals surface area contributed by atoms with E-state index in [4.69, 9.17) is 4.74 Å². The Bertz CT molecular complexity index is 838. The zero-order valence-corrected chi connectivity index (χ0v) is 15.4. The first-order chi connectivity index (χ1) is 12.2. The number of carbonyl (C=O) groups excluding carboxylic acids is 1. The minimum absolute atomic E-state index is 0.0999. The summed E-state index contributed by atoms with van der Waals surface area (Å²) in [5.41, 5.74) is 2.45. The molecule has 0 spiro atoms. The van der Waals surface area contributed by atoms with Gasteiger partial charge in [0.25, 0.3) is 0 Å². The highest BCUT2D eigenvalue weighted by Gasteiger charge is 2.11. The van der Waals surface area contributed by atoms with Gasteiger partial charge in [0, 0.05) is 17.2 Å². The molecule has 0 radical (unpaired) electrons. The van der Waals surface area contributed by atoms with Crippen molar-refractivity contribution in [2.45, 2.75) is 32.2 Å². The number of hydrogen-bond acceptors (Lipinski definition) is 3. The quantitative estimate of drug-likeness (QED) is 0.675. The van der Waals surface area contributed by atoms with Crippen molar-refractivity contribution in [3.05, 3.63) is 65.0 Å². The van der Waals surface area contributed by atoms with Gasteiger partial charge < -0.3 is 10.1 Å². The zero-order chi connectivity index (χ0) is 17.6. The Balaban J connectivity index is 1.50. The maximum Gasteiger partial charge on any atom is 0.220 e. The highest BCUT2D eigenvalue weighted by Crippen LogP contribution is 2.26. The van der Waals surface area contributed by atoms with Crippen molar-refractivity contribution in [3.8, 4) is 5.75 Å². The zero-order valence-electron chi connectivity index (χ0n) is 14.6. The standard InChI is InChI=1S/C21H23NO2S/c1-15(13-17-14-25-20-6-4-3-5-19(17)20)22-21(23)12-9-16-7-10-18(24-2)11-8-16/h3-8,10-11,14-15H,9,12-13H2,1-2H3,(H,22,23)/t15-/m0/s1. The molecule has 3 aromatic rings. The number of amides is 1. The number of carbonyl (C=O) groups is 1. The van der Waals surface area contributed by atoms with Crippen molar-refractivity contribution >= 4 is 27.3 Å². The molecule has 0 aliphatic carbocycles. The topological polar surface area (TPSA) is 38.3 Å². The smallest absolute Gasteiger partial charge is 0.220 e. The van der Waals surface area contributed by atoms with Gasteiger partial charge in [-0.05, 0) is 59.9 Å². The molecule has 1 amide bonds. The predicted molar refractivity (Wildman–Crippen MR) is 104 cm³/mol. The maximum absolute atomic E-state index is 12.2. The first-order valence-electron chi connectivity index (χ1n) is 8.53. The second-order valence-corrected chi connectivity index (χ2v) is 7.19. The number of benzene rings is 2. The van der Waals surface area contributed by atoms with Crippen LogP contribution in [0.4, 0.5) is 0 Å². The highest BCUT2D eigenvalue weighted by atomic mass is 32.1. The molecule has 0 aliphatic heterocycles. The molecule has 0 fully saturated rings. The first kappa shape index (κ1) is 17.5. The van der Waals surface area contributed by atoms with Crippen LogP contribution >= 0.6 is 11.3 Å². The molecule has 0 bridgehead atoms. The van der Waals surface area contributed by atoms with Crippen molar-refractivity contribution in [3.63, 3.8) is 0 Å². The monoisotopic (exact) mass is 353 g/mol. The molecule has 3 nitrogen and oxygen atoms in total. The number of thiophene rings is 1. The van der Waals surface area contributed by atoms with Crippen molar-refractivity contribution in [2.75, 3.05) is 7.11 Å². The summed E-state index contributed by atoms with van der Waals surface area (Å²) >= 11 is 1.76. The lowest BCUT2D eigenvalue weighted by Crippen LogP contribution is -2.34. The number of fused-ring (bicyclic) bond motifs is 1. The molecule has 2 aromatic carbocycles. The molecule has 0 saturated heterocycles.